The molecule has 1 aromatic rings. The molecule has 0 saturated heterocycles. The first-order valence-corrected chi connectivity index (χ1v) is 4.59. The van der Waals surface area contributed by atoms with Crippen molar-refractivity contribution >= 4 is 28.5 Å². The highest BCUT2D eigenvalue weighted by molar-refractivity contribution is 9.10. The molecule has 6 heteroatoms. The van der Waals surface area contributed by atoms with Gasteiger partial charge in [0.25, 0.3) is 0 Å². The highest BCUT2D eigenvalue weighted by Crippen LogP contribution is 2.13. The minimum Gasteiger partial charge on any atom is -0.410 e. The zero-order chi connectivity index (χ0) is 10.7. The number of hydrogen-bond donors (Lipinski definition) is 0. The normalized spacial score (nSPS) is 10.4. The van der Waals surface area contributed by atoms with Crippen molar-refractivity contribution in [3.05, 3.63) is 28.2 Å². The first kappa shape index (κ1) is 11.6. The van der Waals surface area contributed by atoms with Gasteiger partial charge in [0, 0.05) is 18.7 Å². The van der Waals surface area contributed by atoms with Crippen LogP contribution in [0.5, 0.6) is 0 Å². The van der Waals surface area contributed by atoms with Gasteiger partial charge in [-0.2, -0.15) is 0 Å². The highest BCUT2D eigenvalue weighted by atomic mass is 79.9. The first-order chi connectivity index (χ1) is 6.60. The topological polar surface area (TPSA) is 18.5 Å². The van der Waals surface area contributed by atoms with E-state index in [-0.39, 0.29) is 5.46 Å². The average Bonchev–Trinajstić information content (AvgIpc) is 2.10. The molecule has 1 rings (SSSR count). The third-order valence-electron chi connectivity index (χ3n) is 1.71. The Morgan fingerprint density at radius 3 is 1.93 bits per heavy atom. The van der Waals surface area contributed by atoms with Crippen molar-refractivity contribution < 1.29 is 18.1 Å². The Morgan fingerprint density at radius 1 is 1.14 bits per heavy atom. The molecule has 0 saturated carbocycles. The van der Waals surface area contributed by atoms with Crippen molar-refractivity contribution in [2.75, 3.05) is 14.2 Å². The molecule has 1 aromatic carbocycles. The van der Waals surface area contributed by atoms with Crippen LogP contribution < -0.4 is 5.46 Å². The summed E-state index contributed by atoms with van der Waals surface area (Å²) in [5, 5.41) is 0. The van der Waals surface area contributed by atoms with E-state index >= 15 is 0 Å². The summed E-state index contributed by atoms with van der Waals surface area (Å²) in [5.74, 6) is -1.41. The quantitative estimate of drug-likeness (QED) is 0.774. The van der Waals surface area contributed by atoms with Crippen LogP contribution in [0.15, 0.2) is 16.6 Å². The molecule has 14 heavy (non-hydrogen) atoms. The van der Waals surface area contributed by atoms with Crippen molar-refractivity contribution in [2.24, 2.45) is 0 Å². The van der Waals surface area contributed by atoms with Crippen LogP contribution in [0.1, 0.15) is 0 Å². The van der Waals surface area contributed by atoms with Crippen LogP contribution >= 0.6 is 15.9 Å². The Balaban J connectivity index is 3.19. The van der Waals surface area contributed by atoms with Gasteiger partial charge in [-0.25, -0.2) is 8.78 Å². The maximum atomic E-state index is 13.3. The minimum absolute atomic E-state index is 0.224. The summed E-state index contributed by atoms with van der Waals surface area (Å²) in [6.07, 6.45) is 0. The fourth-order valence-corrected chi connectivity index (χ4v) is 1.51. The Bertz CT molecular complexity index is 308. The Morgan fingerprint density at radius 2 is 1.57 bits per heavy atom. The van der Waals surface area contributed by atoms with E-state index in [0.29, 0.717) is 4.47 Å². The Labute approximate surface area is 89.5 Å². The molecule has 0 atom stereocenters. The smallest absolute Gasteiger partial charge is 0.410 e. The predicted molar refractivity (Wildman–Crippen MR) is 53.5 cm³/mol. The van der Waals surface area contributed by atoms with Gasteiger partial charge in [0.05, 0.1) is 5.46 Å². The maximum Gasteiger partial charge on any atom is 0.499 e. The third kappa shape index (κ3) is 2.32. The van der Waals surface area contributed by atoms with E-state index in [9.17, 15) is 8.78 Å². The van der Waals surface area contributed by atoms with Crippen LogP contribution in [-0.2, 0) is 9.31 Å². The minimum atomic E-state index is -1.02. The van der Waals surface area contributed by atoms with Gasteiger partial charge in [-0.05, 0) is 12.1 Å². The molecule has 0 heterocycles. The summed E-state index contributed by atoms with van der Waals surface area (Å²) in [6, 6.07) is 2.31. The lowest BCUT2D eigenvalue weighted by atomic mass is 9.78. The van der Waals surface area contributed by atoms with Gasteiger partial charge in [0.15, 0.2) is 0 Å². The summed E-state index contributed by atoms with van der Waals surface area (Å²) >= 11 is 2.98. The van der Waals surface area contributed by atoms with E-state index in [1.807, 2.05) is 0 Å². The molecule has 0 spiro atoms. The summed E-state index contributed by atoms with van der Waals surface area (Å²) in [5.41, 5.74) is -0.224. The van der Waals surface area contributed by atoms with Crippen LogP contribution in [0.25, 0.3) is 0 Å². The van der Waals surface area contributed by atoms with Gasteiger partial charge < -0.3 is 9.31 Å². The molecule has 0 aromatic heterocycles. The highest BCUT2D eigenvalue weighted by Gasteiger charge is 2.26. The predicted octanol–water partition coefficient (Wildman–Crippen LogP) is 1.72. The van der Waals surface area contributed by atoms with Gasteiger partial charge in [0.2, 0.25) is 0 Å². The number of halogens is 3. The molecule has 0 aliphatic heterocycles. The van der Waals surface area contributed by atoms with Gasteiger partial charge >= 0.3 is 7.12 Å². The second-order valence-corrected chi connectivity index (χ2v) is 3.50. The lowest BCUT2D eigenvalue weighted by Gasteiger charge is -2.10. The monoisotopic (exact) mass is 264 g/mol. The van der Waals surface area contributed by atoms with E-state index < -0.39 is 18.8 Å². The van der Waals surface area contributed by atoms with Gasteiger partial charge in [-0.15, -0.1) is 0 Å². The summed E-state index contributed by atoms with van der Waals surface area (Å²) in [4.78, 5) is 0. The van der Waals surface area contributed by atoms with E-state index in [0.717, 1.165) is 12.1 Å². The molecule has 0 aliphatic carbocycles. The summed E-state index contributed by atoms with van der Waals surface area (Å²) < 4.78 is 36.5. The van der Waals surface area contributed by atoms with Crippen LogP contribution in [0, 0.1) is 11.6 Å². The van der Waals surface area contributed by atoms with Crippen molar-refractivity contribution in [3.63, 3.8) is 0 Å². The molecule has 0 bridgehead atoms. The van der Waals surface area contributed by atoms with Crippen LogP contribution in [0.4, 0.5) is 8.78 Å². The van der Waals surface area contributed by atoms with E-state index in [1.165, 1.54) is 14.2 Å². The maximum absolute atomic E-state index is 13.3. The molecule has 76 valence electrons. The molecule has 0 aliphatic rings. The fourth-order valence-electron chi connectivity index (χ4n) is 1.11. The molecular weight excluding hydrogens is 257 g/mol. The van der Waals surface area contributed by atoms with Gasteiger partial charge in [-0.3, -0.25) is 0 Å². The molecule has 0 unspecified atom stereocenters. The fraction of sp³-hybridized carbons (Fsp3) is 0.250. The molecule has 0 fully saturated rings. The molecule has 0 N–H and O–H groups in total. The number of benzene rings is 1. The second-order valence-electron chi connectivity index (χ2n) is 2.59. The summed E-state index contributed by atoms with van der Waals surface area (Å²) in [7, 11) is 1.60. The van der Waals surface area contributed by atoms with E-state index in [4.69, 9.17) is 9.31 Å². The van der Waals surface area contributed by atoms with Crippen LogP contribution in [0.3, 0.4) is 0 Å². The standard InChI is InChI=1S/C8H8BBrF2O2/c1-13-9(14-2)8-6(11)3-5(10)4-7(8)12/h3-4H,1-2H3. The second kappa shape index (κ2) is 4.86. The largest absolute Gasteiger partial charge is 0.499 e. The van der Waals surface area contributed by atoms with Gasteiger partial charge in [0.1, 0.15) is 11.6 Å². The van der Waals surface area contributed by atoms with Crippen LogP contribution in [0.2, 0.25) is 0 Å². The Kier molecular flexibility index (Phi) is 4.03. The number of hydrogen-bond acceptors (Lipinski definition) is 2. The lowest BCUT2D eigenvalue weighted by molar-refractivity contribution is 0.289. The molecule has 0 radical (unpaired) electrons. The first-order valence-electron chi connectivity index (χ1n) is 3.80. The Hall–Kier alpha value is -0.455. The molecule has 0 amide bonds. The zero-order valence-electron chi connectivity index (χ0n) is 7.68. The molecular formula is C8H8BBrF2O2. The van der Waals surface area contributed by atoms with Gasteiger partial charge in [-0.1, -0.05) is 15.9 Å². The average molecular weight is 265 g/mol. The van der Waals surface area contributed by atoms with E-state index in [2.05, 4.69) is 15.9 Å². The third-order valence-corrected chi connectivity index (χ3v) is 2.17. The summed E-state index contributed by atoms with van der Waals surface area (Å²) in [6.45, 7) is 0. The lowest BCUT2D eigenvalue weighted by Crippen LogP contribution is -2.39. The van der Waals surface area contributed by atoms with Crippen molar-refractivity contribution in [1.82, 2.24) is 0 Å². The van der Waals surface area contributed by atoms with Crippen molar-refractivity contribution in [2.45, 2.75) is 0 Å². The number of rotatable bonds is 3. The van der Waals surface area contributed by atoms with Crippen molar-refractivity contribution in [1.29, 1.82) is 0 Å². The van der Waals surface area contributed by atoms with Crippen molar-refractivity contribution in [3.8, 4) is 0 Å². The molecule has 2 nitrogen and oxygen atoms in total. The van der Waals surface area contributed by atoms with Crippen LogP contribution in [-0.4, -0.2) is 21.3 Å². The zero-order valence-corrected chi connectivity index (χ0v) is 9.27. The van der Waals surface area contributed by atoms with E-state index in [1.54, 1.807) is 0 Å². The SMILES string of the molecule is COB(OC)c1c(F)cc(Br)cc1F.